The zero-order valence-corrected chi connectivity index (χ0v) is 21.5. The topological polar surface area (TPSA) is 52.7 Å². The maximum absolute atomic E-state index is 13.5. The van der Waals surface area contributed by atoms with Crippen LogP contribution in [-0.2, 0) is 17.8 Å². The highest BCUT2D eigenvalue weighted by molar-refractivity contribution is 6.06. The van der Waals surface area contributed by atoms with E-state index in [1.165, 1.54) is 19.3 Å². The van der Waals surface area contributed by atoms with E-state index in [1.807, 2.05) is 72.5 Å². The fraction of sp³-hybridized carbons (Fsp3) is 0.355. The number of anilines is 1. The van der Waals surface area contributed by atoms with Gasteiger partial charge in [-0.1, -0.05) is 66.1 Å². The van der Waals surface area contributed by atoms with E-state index in [0.717, 1.165) is 47.6 Å². The van der Waals surface area contributed by atoms with Crippen LogP contribution in [0, 0.1) is 13.8 Å². The van der Waals surface area contributed by atoms with Gasteiger partial charge in [0.2, 0.25) is 5.91 Å². The summed E-state index contributed by atoms with van der Waals surface area (Å²) in [6, 6.07) is 23.7. The van der Waals surface area contributed by atoms with Crippen molar-refractivity contribution in [3.05, 3.63) is 101 Å². The Kier molecular flexibility index (Phi) is 8.90. The summed E-state index contributed by atoms with van der Waals surface area (Å²) in [5.41, 5.74) is 5.77. The highest BCUT2D eigenvalue weighted by Crippen LogP contribution is 2.22. The van der Waals surface area contributed by atoms with E-state index < -0.39 is 0 Å². The SMILES string of the molecule is Cc1ccc(C(=O)N(Cc2cccc(C)c2)c2ccc(CC(=O)NCCN3CCCCC3)cc2)cc1. The molecular formula is C31H37N3O2. The van der Waals surface area contributed by atoms with Crippen molar-refractivity contribution in [2.45, 2.75) is 46.1 Å². The maximum Gasteiger partial charge on any atom is 0.258 e. The van der Waals surface area contributed by atoms with Gasteiger partial charge in [0.05, 0.1) is 13.0 Å². The molecule has 0 radical (unpaired) electrons. The second-order valence-electron chi connectivity index (χ2n) is 9.84. The Morgan fingerprint density at radius 1 is 0.833 bits per heavy atom. The van der Waals surface area contributed by atoms with Crippen LogP contribution in [0.15, 0.2) is 72.8 Å². The fourth-order valence-corrected chi connectivity index (χ4v) is 4.70. The van der Waals surface area contributed by atoms with Gasteiger partial charge in [0.15, 0.2) is 0 Å². The molecule has 1 fully saturated rings. The summed E-state index contributed by atoms with van der Waals surface area (Å²) >= 11 is 0. The molecule has 0 spiro atoms. The largest absolute Gasteiger partial charge is 0.355 e. The molecule has 1 heterocycles. The zero-order chi connectivity index (χ0) is 25.3. The molecule has 3 aromatic carbocycles. The van der Waals surface area contributed by atoms with Gasteiger partial charge >= 0.3 is 0 Å². The number of piperidine rings is 1. The van der Waals surface area contributed by atoms with Crippen LogP contribution in [-0.4, -0.2) is 42.9 Å². The Hall–Kier alpha value is -3.44. The molecule has 0 bridgehead atoms. The molecule has 0 unspecified atom stereocenters. The minimum absolute atomic E-state index is 0.0344. The lowest BCUT2D eigenvalue weighted by Gasteiger charge is -2.26. The van der Waals surface area contributed by atoms with Crippen LogP contribution in [0.3, 0.4) is 0 Å². The van der Waals surface area contributed by atoms with Crippen LogP contribution in [0.25, 0.3) is 0 Å². The van der Waals surface area contributed by atoms with Gasteiger partial charge in [-0.2, -0.15) is 0 Å². The summed E-state index contributed by atoms with van der Waals surface area (Å²) < 4.78 is 0. The molecule has 2 amide bonds. The van der Waals surface area contributed by atoms with Crippen molar-refractivity contribution in [1.29, 1.82) is 0 Å². The number of benzene rings is 3. The number of aryl methyl sites for hydroxylation is 2. The summed E-state index contributed by atoms with van der Waals surface area (Å²) in [7, 11) is 0. The lowest BCUT2D eigenvalue weighted by atomic mass is 10.1. The van der Waals surface area contributed by atoms with Crippen molar-refractivity contribution in [2.75, 3.05) is 31.1 Å². The van der Waals surface area contributed by atoms with Gasteiger partial charge in [-0.05, 0) is 75.2 Å². The Morgan fingerprint density at radius 3 is 2.25 bits per heavy atom. The predicted molar refractivity (Wildman–Crippen MR) is 146 cm³/mol. The van der Waals surface area contributed by atoms with Gasteiger partial charge < -0.3 is 15.1 Å². The first-order chi connectivity index (χ1) is 17.5. The van der Waals surface area contributed by atoms with Crippen LogP contribution in [0.4, 0.5) is 5.69 Å². The number of carbonyl (C=O) groups is 2. The molecule has 0 aliphatic carbocycles. The molecule has 188 valence electrons. The molecule has 4 rings (SSSR count). The molecule has 1 aliphatic rings. The Morgan fingerprint density at radius 2 is 1.56 bits per heavy atom. The average Bonchev–Trinajstić information content (AvgIpc) is 2.89. The van der Waals surface area contributed by atoms with Gasteiger partial charge in [0.25, 0.3) is 5.91 Å². The molecule has 3 aromatic rings. The van der Waals surface area contributed by atoms with E-state index in [0.29, 0.717) is 25.1 Å². The number of amides is 2. The normalized spacial score (nSPS) is 13.8. The van der Waals surface area contributed by atoms with Gasteiger partial charge in [-0.15, -0.1) is 0 Å². The highest BCUT2D eigenvalue weighted by Gasteiger charge is 2.19. The molecule has 0 saturated carbocycles. The molecule has 1 saturated heterocycles. The van der Waals surface area contributed by atoms with E-state index in [1.54, 1.807) is 0 Å². The van der Waals surface area contributed by atoms with E-state index in [9.17, 15) is 9.59 Å². The fourth-order valence-electron chi connectivity index (χ4n) is 4.70. The van der Waals surface area contributed by atoms with Gasteiger partial charge in [0, 0.05) is 24.3 Å². The summed E-state index contributed by atoms with van der Waals surface area (Å²) in [6.45, 7) is 8.43. The van der Waals surface area contributed by atoms with Crippen molar-refractivity contribution in [3.8, 4) is 0 Å². The molecule has 0 aromatic heterocycles. The summed E-state index contributed by atoms with van der Waals surface area (Å²) in [4.78, 5) is 30.2. The minimum atomic E-state index is -0.0419. The van der Waals surface area contributed by atoms with Crippen LogP contribution >= 0.6 is 0 Å². The predicted octanol–water partition coefficient (Wildman–Crippen LogP) is 5.30. The second-order valence-corrected chi connectivity index (χ2v) is 9.84. The third kappa shape index (κ3) is 7.28. The molecule has 0 atom stereocenters. The number of nitrogens with one attached hydrogen (secondary N) is 1. The summed E-state index contributed by atoms with van der Waals surface area (Å²) in [6.07, 6.45) is 4.17. The van der Waals surface area contributed by atoms with Crippen LogP contribution < -0.4 is 10.2 Å². The van der Waals surface area contributed by atoms with E-state index in [2.05, 4.69) is 29.3 Å². The van der Waals surface area contributed by atoms with Crippen molar-refractivity contribution >= 4 is 17.5 Å². The molecule has 5 heteroatoms. The average molecular weight is 484 g/mol. The lowest BCUT2D eigenvalue weighted by molar-refractivity contribution is -0.120. The van der Waals surface area contributed by atoms with E-state index >= 15 is 0 Å². The zero-order valence-electron chi connectivity index (χ0n) is 21.5. The first kappa shape index (κ1) is 25.6. The number of hydrogen-bond acceptors (Lipinski definition) is 3. The standard InChI is InChI=1S/C31H37N3O2/c1-24-9-13-28(14-10-24)31(36)34(23-27-8-6-7-25(2)21-27)29-15-11-26(12-16-29)22-30(35)32-17-20-33-18-4-3-5-19-33/h6-16,21H,3-5,17-20,22-23H2,1-2H3,(H,32,35). The molecule has 1 aliphatic heterocycles. The van der Waals surface area contributed by atoms with Crippen molar-refractivity contribution < 1.29 is 9.59 Å². The second kappa shape index (κ2) is 12.5. The van der Waals surface area contributed by atoms with Gasteiger partial charge in [-0.3, -0.25) is 9.59 Å². The van der Waals surface area contributed by atoms with Crippen molar-refractivity contribution in [3.63, 3.8) is 0 Å². The number of rotatable bonds is 9. The minimum Gasteiger partial charge on any atom is -0.355 e. The lowest BCUT2D eigenvalue weighted by Crippen LogP contribution is -2.38. The highest BCUT2D eigenvalue weighted by atomic mass is 16.2. The van der Waals surface area contributed by atoms with Gasteiger partial charge in [0.1, 0.15) is 0 Å². The van der Waals surface area contributed by atoms with Crippen LogP contribution in [0.2, 0.25) is 0 Å². The summed E-state index contributed by atoms with van der Waals surface area (Å²) in [5.74, 6) is -0.00757. The van der Waals surface area contributed by atoms with Crippen molar-refractivity contribution in [1.82, 2.24) is 10.2 Å². The maximum atomic E-state index is 13.5. The number of likely N-dealkylation sites (tertiary alicyclic amines) is 1. The number of hydrogen-bond donors (Lipinski definition) is 1. The molecule has 36 heavy (non-hydrogen) atoms. The summed E-state index contributed by atoms with van der Waals surface area (Å²) in [5, 5.41) is 3.05. The molecular weight excluding hydrogens is 446 g/mol. The van der Waals surface area contributed by atoms with Crippen molar-refractivity contribution in [2.24, 2.45) is 0 Å². The number of carbonyl (C=O) groups excluding carboxylic acids is 2. The third-order valence-electron chi connectivity index (χ3n) is 6.78. The van der Waals surface area contributed by atoms with E-state index in [-0.39, 0.29) is 11.8 Å². The van der Waals surface area contributed by atoms with Crippen LogP contribution in [0.5, 0.6) is 0 Å². The Balaban J connectivity index is 1.42. The number of nitrogens with zero attached hydrogens (tertiary/aromatic N) is 2. The molecule has 1 N–H and O–H groups in total. The van der Waals surface area contributed by atoms with Crippen LogP contribution in [0.1, 0.15) is 51.9 Å². The van der Waals surface area contributed by atoms with E-state index in [4.69, 9.17) is 0 Å². The Labute approximate surface area is 215 Å². The van der Waals surface area contributed by atoms with Gasteiger partial charge in [-0.25, -0.2) is 0 Å². The quantitative estimate of drug-likeness (QED) is 0.450. The first-order valence-electron chi connectivity index (χ1n) is 13.0. The third-order valence-corrected chi connectivity index (χ3v) is 6.78. The first-order valence-corrected chi connectivity index (χ1v) is 13.0. The molecule has 5 nitrogen and oxygen atoms in total. The monoisotopic (exact) mass is 483 g/mol. The Bertz CT molecular complexity index is 1150. The smallest absolute Gasteiger partial charge is 0.258 e.